The Morgan fingerprint density at radius 2 is 2.17 bits per heavy atom. The van der Waals surface area contributed by atoms with Gasteiger partial charge in [0, 0.05) is 23.9 Å². The summed E-state index contributed by atoms with van der Waals surface area (Å²) in [6.07, 6.45) is 0.951. The summed E-state index contributed by atoms with van der Waals surface area (Å²) in [7, 11) is 0. The Balaban J connectivity index is 1.97. The van der Waals surface area contributed by atoms with E-state index in [4.69, 9.17) is 4.74 Å². The number of pyridine rings is 1. The number of nitrogens with zero attached hydrogens (tertiary/aromatic N) is 1. The monoisotopic (exact) mass is 241 g/mol. The van der Waals surface area contributed by atoms with Gasteiger partial charge in [0.2, 0.25) is 0 Å². The second-order valence-electron chi connectivity index (χ2n) is 4.76. The predicted molar refractivity (Wildman–Crippen MR) is 69.4 cm³/mol. The molecular weight excluding hydrogens is 226 g/mol. The van der Waals surface area contributed by atoms with Crippen molar-refractivity contribution in [2.45, 2.75) is 25.9 Å². The fourth-order valence-electron chi connectivity index (χ4n) is 2.34. The highest BCUT2D eigenvalue weighted by atomic mass is 16.5. The molecule has 2 aromatic rings. The summed E-state index contributed by atoms with van der Waals surface area (Å²) in [5.41, 5.74) is 3.07. The molecule has 1 aliphatic rings. The summed E-state index contributed by atoms with van der Waals surface area (Å²) in [6.45, 7) is 2.52. The summed E-state index contributed by atoms with van der Waals surface area (Å²) >= 11 is 0. The van der Waals surface area contributed by atoms with E-state index in [-0.39, 0.29) is 11.9 Å². The third-order valence-electron chi connectivity index (χ3n) is 3.34. The number of fused-ring (bicyclic) bond motifs is 1. The van der Waals surface area contributed by atoms with E-state index in [1.807, 2.05) is 25.1 Å². The molecule has 0 saturated carbocycles. The number of aromatic nitrogens is 1. The van der Waals surface area contributed by atoms with E-state index >= 15 is 0 Å². The number of benzene rings is 1. The van der Waals surface area contributed by atoms with Gasteiger partial charge in [-0.05, 0) is 30.7 Å². The Hall–Kier alpha value is -1.74. The van der Waals surface area contributed by atoms with Gasteiger partial charge >= 0.3 is 0 Å². The van der Waals surface area contributed by atoms with Crippen LogP contribution in [0.5, 0.6) is 0 Å². The Morgan fingerprint density at radius 3 is 3.00 bits per heavy atom. The molecule has 1 aromatic carbocycles. The fraction of sp³-hybridized carbons (Fsp3) is 0.333. The molecule has 1 aromatic heterocycles. The van der Waals surface area contributed by atoms with Crippen LogP contribution in [0.2, 0.25) is 0 Å². The first-order valence-corrected chi connectivity index (χ1v) is 6.23. The summed E-state index contributed by atoms with van der Waals surface area (Å²) in [6, 6.07) is 10.1. The average molecular weight is 241 g/mol. The molecule has 0 spiro atoms. The maximum Gasteiger partial charge on any atom is 0.138 e. The van der Waals surface area contributed by atoms with Gasteiger partial charge in [-0.15, -0.1) is 0 Å². The van der Waals surface area contributed by atoms with E-state index in [0.29, 0.717) is 19.4 Å². The number of carbonyl (C=O) groups excluding carboxylic acids is 1. The molecule has 0 bridgehead atoms. The van der Waals surface area contributed by atoms with Crippen LogP contribution >= 0.6 is 0 Å². The van der Waals surface area contributed by atoms with Crippen molar-refractivity contribution >= 4 is 16.7 Å². The molecule has 92 valence electrons. The highest BCUT2D eigenvalue weighted by Crippen LogP contribution is 2.28. The zero-order valence-corrected chi connectivity index (χ0v) is 10.3. The summed E-state index contributed by atoms with van der Waals surface area (Å²) in [5.74, 6) is 0.286. The van der Waals surface area contributed by atoms with Gasteiger partial charge in [-0.25, -0.2) is 0 Å². The fourth-order valence-corrected chi connectivity index (χ4v) is 2.34. The van der Waals surface area contributed by atoms with Crippen LogP contribution in [0.1, 0.15) is 30.2 Å². The SMILES string of the molecule is Cc1ccc2cc(C3CC(=O)CCO3)ccc2n1. The largest absolute Gasteiger partial charge is 0.373 e. The van der Waals surface area contributed by atoms with Crippen LogP contribution in [0, 0.1) is 6.92 Å². The van der Waals surface area contributed by atoms with Gasteiger partial charge in [-0.3, -0.25) is 9.78 Å². The maximum absolute atomic E-state index is 11.5. The van der Waals surface area contributed by atoms with Crippen molar-refractivity contribution in [2.75, 3.05) is 6.61 Å². The van der Waals surface area contributed by atoms with Crippen molar-refractivity contribution in [3.05, 3.63) is 41.6 Å². The number of rotatable bonds is 1. The Labute approximate surface area is 106 Å². The maximum atomic E-state index is 11.5. The molecule has 2 heterocycles. The second kappa shape index (κ2) is 4.50. The molecule has 1 atom stereocenters. The Bertz CT molecular complexity index is 606. The minimum atomic E-state index is -0.0862. The summed E-state index contributed by atoms with van der Waals surface area (Å²) < 4.78 is 5.67. The molecule has 0 N–H and O–H groups in total. The number of ether oxygens (including phenoxy) is 1. The van der Waals surface area contributed by atoms with E-state index < -0.39 is 0 Å². The number of aryl methyl sites for hydroxylation is 1. The third-order valence-corrected chi connectivity index (χ3v) is 3.34. The van der Waals surface area contributed by atoms with Gasteiger partial charge in [-0.2, -0.15) is 0 Å². The van der Waals surface area contributed by atoms with E-state index in [2.05, 4.69) is 17.1 Å². The van der Waals surface area contributed by atoms with Crippen LogP contribution in [0.3, 0.4) is 0 Å². The van der Waals surface area contributed by atoms with Crippen molar-refractivity contribution in [3.63, 3.8) is 0 Å². The molecule has 1 unspecified atom stereocenters. The number of ketones is 1. The summed E-state index contributed by atoms with van der Waals surface area (Å²) in [4.78, 5) is 15.9. The lowest BCUT2D eigenvalue weighted by Gasteiger charge is -2.22. The third kappa shape index (κ3) is 2.14. The van der Waals surface area contributed by atoms with Crippen LogP contribution in [-0.2, 0) is 9.53 Å². The van der Waals surface area contributed by atoms with E-state index in [1.165, 1.54) is 0 Å². The Morgan fingerprint density at radius 1 is 1.28 bits per heavy atom. The zero-order chi connectivity index (χ0) is 12.5. The number of hydrogen-bond acceptors (Lipinski definition) is 3. The van der Waals surface area contributed by atoms with Crippen molar-refractivity contribution in [1.29, 1.82) is 0 Å². The van der Waals surface area contributed by atoms with Crippen LogP contribution in [-0.4, -0.2) is 17.4 Å². The van der Waals surface area contributed by atoms with Crippen molar-refractivity contribution in [1.82, 2.24) is 4.98 Å². The smallest absolute Gasteiger partial charge is 0.138 e. The van der Waals surface area contributed by atoms with E-state index in [9.17, 15) is 4.79 Å². The Kier molecular flexibility index (Phi) is 2.84. The molecule has 0 aliphatic carbocycles. The van der Waals surface area contributed by atoms with Gasteiger partial charge in [0.25, 0.3) is 0 Å². The minimum absolute atomic E-state index is 0.0862. The lowest BCUT2D eigenvalue weighted by molar-refractivity contribution is -0.128. The minimum Gasteiger partial charge on any atom is -0.373 e. The normalized spacial score (nSPS) is 20.3. The molecule has 1 aliphatic heterocycles. The highest BCUT2D eigenvalue weighted by Gasteiger charge is 2.21. The van der Waals surface area contributed by atoms with Gasteiger partial charge in [-0.1, -0.05) is 12.1 Å². The van der Waals surface area contributed by atoms with Gasteiger partial charge < -0.3 is 4.74 Å². The quantitative estimate of drug-likeness (QED) is 0.770. The number of carbonyl (C=O) groups is 1. The van der Waals surface area contributed by atoms with Gasteiger partial charge in [0.15, 0.2) is 0 Å². The van der Waals surface area contributed by atoms with Crippen molar-refractivity contribution < 1.29 is 9.53 Å². The first kappa shape index (κ1) is 11.4. The molecule has 3 nitrogen and oxygen atoms in total. The number of hydrogen-bond donors (Lipinski definition) is 0. The first-order valence-electron chi connectivity index (χ1n) is 6.23. The van der Waals surface area contributed by atoms with Crippen molar-refractivity contribution in [2.24, 2.45) is 0 Å². The van der Waals surface area contributed by atoms with E-state index in [1.54, 1.807) is 0 Å². The molecule has 1 fully saturated rings. The van der Waals surface area contributed by atoms with Crippen LogP contribution in [0.15, 0.2) is 30.3 Å². The zero-order valence-electron chi connectivity index (χ0n) is 10.3. The molecule has 3 heteroatoms. The lowest BCUT2D eigenvalue weighted by atomic mass is 9.99. The van der Waals surface area contributed by atoms with Crippen LogP contribution in [0.4, 0.5) is 0 Å². The average Bonchev–Trinajstić information content (AvgIpc) is 2.38. The molecule has 0 radical (unpaired) electrons. The van der Waals surface area contributed by atoms with Crippen LogP contribution < -0.4 is 0 Å². The number of Topliss-reactive ketones (excluding diaryl/α,β-unsaturated/α-hetero) is 1. The highest BCUT2D eigenvalue weighted by molar-refractivity contribution is 5.81. The van der Waals surface area contributed by atoms with E-state index in [0.717, 1.165) is 22.2 Å². The molecular formula is C15H15NO2. The first-order chi connectivity index (χ1) is 8.72. The predicted octanol–water partition coefficient (Wildman–Crippen LogP) is 2.96. The topological polar surface area (TPSA) is 39.2 Å². The molecule has 0 amide bonds. The van der Waals surface area contributed by atoms with Crippen LogP contribution in [0.25, 0.3) is 10.9 Å². The molecule has 1 saturated heterocycles. The molecule has 18 heavy (non-hydrogen) atoms. The standard InChI is InChI=1S/C15H15NO2/c1-10-2-3-11-8-12(4-5-14(11)16-10)15-9-13(17)6-7-18-15/h2-5,8,15H,6-7,9H2,1H3. The van der Waals surface area contributed by atoms with Gasteiger partial charge in [0.05, 0.1) is 18.2 Å². The second-order valence-corrected chi connectivity index (χ2v) is 4.76. The van der Waals surface area contributed by atoms with Crippen molar-refractivity contribution in [3.8, 4) is 0 Å². The molecule has 3 rings (SSSR count). The lowest BCUT2D eigenvalue weighted by Crippen LogP contribution is -2.19. The van der Waals surface area contributed by atoms with Gasteiger partial charge in [0.1, 0.15) is 5.78 Å². The summed E-state index contributed by atoms with van der Waals surface area (Å²) in [5, 5.41) is 1.10.